The Balaban J connectivity index is -0.000000320. The third-order valence-electron chi connectivity index (χ3n) is 1.20. The lowest BCUT2D eigenvalue weighted by Crippen LogP contribution is -2.35. The van der Waals surface area contributed by atoms with Gasteiger partial charge in [-0.15, -0.1) is 24.8 Å². The molecule has 0 rings (SSSR count). The fourth-order valence-electron chi connectivity index (χ4n) is 0.512. The minimum atomic E-state index is -0.00965. The normalized spacial score (nSPS) is 10.4. The maximum absolute atomic E-state index is 5.76. The van der Waals surface area contributed by atoms with E-state index in [9.17, 15) is 0 Å². The van der Waals surface area contributed by atoms with E-state index >= 15 is 0 Å². The summed E-state index contributed by atoms with van der Waals surface area (Å²) in [5.41, 5.74) is 5.75. The summed E-state index contributed by atoms with van der Waals surface area (Å²) in [4.78, 5) is 2.15. The molecule has 0 aliphatic carbocycles. The van der Waals surface area contributed by atoms with Gasteiger partial charge in [0.05, 0.1) is 0 Å². The molecular weight excluding hydrogens is 183 g/mol. The van der Waals surface area contributed by atoms with Crippen LogP contribution >= 0.6 is 24.8 Å². The van der Waals surface area contributed by atoms with Crippen LogP contribution in [-0.2, 0) is 0 Å². The Kier molecular flexibility index (Phi) is 11.4. The second-order valence-corrected chi connectivity index (χ2v) is 3.54. The predicted octanol–water partition coefficient (Wildman–Crippen LogP) is 1.52. The lowest BCUT2D eigenvalue weighted by Gasteiger charge is -2.20. The molecule has 0 heterocycles. The molecule has 0 fully saturated rings. The smallest absolute Gasteiger partial charge is 0.0109 e. The summed E-state index contributed by atoms with van der Waals surface area (Å²) in [5, 5.41) is 0. The molecule has 4 heteroatoms. The van der Waals surface area contributed by atoms with Crippen molar-refractivity contribution in [2.45, 2.75) is 25.8 Å². The Morgan fingerprint density at radius 1 is 1.18 bits per heavy atom. The molecule has 0 amide bonds. The molecule has 72 valence electrons. The molecule has 0 saturated heterocycles. The lowest BCUT2D eigenvalue weighted by molar-refractivity contribution is 0.344. The SMILES string of the molecule is CN(C)CCC(C)(C)N.Cl.Cl. The quantitative estimate of drug-likeness (QED) is 0.753. The fraction of sp³-hybridized carbons (Fsp3) is 1.00. The van der Waals surface area contributed by atoms with Crippen LogP contribution in [-0.4, -0.2) is 31.1 Å². The first-order valence-electron chi connectivity index (χ1n) is 3.35. The number of nitrogens with two attached hydrogens (primary N) is 1. The van der Waals surface area contributed by atoms with Gasteiger partial charge in [-0.2, -0.15) is 0 Å². The molecule has 0 aliphatic heterocycles. The Hall–Kier alpha value is 0.500. The molecule has 0 radical (unpaired) electrons. The van der Waals surface area contributed by atoms with E-state index in [0.717, 1.165) is 13.0 Å². The average Bonchev–Trinajstić information content (AvgIpc) is 1.59. The van der Waals surface area contributed by atoms with Crippen molar-refractivity contribution < 1.29 is 0 Å². The van der Waals surface area contributed by atoms with Gasteiger partial charge >= 0.3 is 0 Å². The van der Waals surface area contributed by atoms with E-state index in [2.05, 4.69) is 32.8 Å². The van der Waals surface area contributed by atoms with Crippen molar-refractivity contribution in [3.8, 4) is 0 Å². The summed E-state index contributed by atoms with van der Waals surface area (Å²) in [6, 6.07) is 0. The fourth-order valence-corrected chi connectivity index (χ4v) is 0.512. The van der Waals surface area contributed by atoms with Crippen LogP contribution < -0.4 is 5.73 Å². The van der Waals surface area contributed by atoms with Crippen molar-refractivity contribution in [1.29, 1.82) is 0 Å². The van der Waals surface area contributed by atoms with E-state index in [1.54, 1.807) is 0 Å². The summed E-state index contributed by atoms with van der Waals surface area (Å²) in [7, 11) is 4.12. The van der Waals surface area contributed by atoms with E-state index in [1.807, 2.05) is 0 Å². The zero-order chi connectivity index (χ0) is 7.49. The summed E-state index contributed by atoms with van der Waals surface area (Å²) in [5.74, 6) is 0. The highest BCUT2D eigenvalue weighted by atomic mass is 35.5. The first-order valence-corrected chi connectivity index (χ1v) is 3.35. The highest BCUT2D eigenvalue weighted by Crippen LogP contribution is 2.02. The first-order chi connectivity index (χ1) is 3.92. The number of nitrogens with zero attached hydrogens (tertiary/aromatic N) is 1. The van der Waals surface area contributed by atoms with Crippen LogP contribution in [0.5, 0.6) is 0 Å². The minimum Gasteiger partial charge on any atom is -0.326 e. The van der Waals surface area contributed by atoms with Gasteiger partial charge in [0.15, 0.2) is 0 Å². The van der Waals surface area contributed by atoms with Gasteiger partial charge in [-0.25, -0.2) is 0 Å². The van der Waals surface area contributed by atoms with Crippen LogP contribution in [0.15, 0.2) is 0 Å². The summed E-state index contributed by atoms with van der Waals surface area (Å²) in [6.07, 6.45) is 1.06. The molecule has 2 N–H and O–H groups in total. The van der Waals surface area contributed by atoms with Gasteiger partial charge in [-0.05, 0) is 40.9 Å². The summed E-state index contributed by atoms with van der Waals surface area (Å²) >= 11 is 0. The average molecular weight is 203 g/mol. The number of hydrogen-bond acceptors (Lipinski definition) is 2. The van der Waals surface area contributed by atoms with Crippen molar-refractivity contribution in [3.05, 3.63) is 0 Å². The van der Waals surface area contributed by atoms with Gasteiger partial charge in [0, 0.05) is 5.54 Å². The van der Waals surface area contributed by atoms with Crippen LogP contribution in [0.1, 0.15) is 20.3 Å². The molecule has 2 nitrogen and oxygen atoms in total. The van der Waals surface area contributed by atoms with Crippen molar-refractivity contribution in [2.75, 3.05) is 20.6 Å². The van der Waals surface area contributed by atoms with Gasteiger partial charge < -0.3 is 10.6 Å². The topological polar surface area (TPSA) is 29.3 Å². The zero-order valence-electron chi connectivity index (χ0n) is 7.76. The third-order valence-corrected chi connectivity index (χ3v) is 1.20. The van der Waals surface area contributed by atoms with Crippen LogP contribution in [0.25, 0.3) is 0 Å². The van der Waals surface area contributed by atoms with Crippen molar-refractivity contribution in [1.82, 2.24) is 4.90 Å². The number of hydrogen-bond donors (Lipinski definition) is 1. The maximum atomic E-state index is 5.76. The monoisotopic (exact) mass is 202 g/mol. The second-order valence-electron chi connectivity index (χ2n) is 3.54. The van der Waals surface area contributed by atoms with Gasteiger partial charge in [0.2, 0.25) is 0 Å². The van der Waals surface area contributed by atoms with E-state index in [-0.39, 0.29) is 30.4 Å². The molecule has 0 unspecified atom stereocenters. The Labute approximate surface area is 82.3 Å². The molecule has 0 aromatic carbocycles. The molecule has 0 atom stereocenters. The lowest BCUT2D eigenvalue weighted by atomic mass is 10.0. The van der Waals surface area contributed by atoms with Gasteiger partial charge in [0.25, 0.3) is 0 Å². The highest BCUT2D eigenvalue weighted by molar-refractivity contribution is 5.85. The molecule has 0 aromatic rings. The molecule has 0 bridgehead atoms. The van der Waals surface area contributed by atoms with E-state index in [0.29, 0.717) is 0 Å². The summed E-state index contributed by atoms with van der Waals surface area (Å²) in [6.45, 7) is 5.18. The molecule has 0 aromatic heterocycles. The van der Waals surface area contributed by atoms with Gasteiger partial charge in [-0.3, -0.25) is 0 Å². The van der Waals surface area contributed by atoms with Crippen LogP contribution in [0, 0.1) is 0 Å². The third kappa shape index (κ3) is 18.0. The Bertz CT molecular complexity index is 79.0. The highest BCUT2D eigenvalue weighted by Gasteiger charge is 2.09. The number of rotatable bonds is 3. The second kappa shape index (κ2) is 7.17. The van der Waals surface area contributed by atoms with Crippen LogP contribution in [0.4, 0.5) is 0 Å². The standard InChI is InChI=1S/C7H18N2.2ClH/c1-7(2,8)5-6-9(3)4;;/h5-6,8H2,1-4H3;2*1H. The molecule has 0 spiro atoms. The van der Waals surface area contributed by atoms with Gasteiger partial charge in [0.1, 0.15) is 0 Å². The Morgan fingerprint density at radius 3 is 1.64 bits per heavy atom. The zero-order valence-corrected chi connectivity index (χ0v) is 9.39. The van der Waals surface area contributed by atoms with Crippen LogP contribution in [0.3, 0.4) is 0 Å². The largest absolute Gasteiger partial charge is 0.326 e. The molecule has 11 heavy (non-hydrogen) atoms. The maximum Gasteiger partial charge on any atom is 0.0109 e. The van der Waals surface area contributed by atoms with E-state index < -0.39 is 0 Å². The van der Waals surface area contributed by atoms with Crippen molar-refractivity contribution in [2.24, 2.45) is 5.73 Å². The van der Waals surface area contributed by atoms with E-state index in [4.69, 9.17) is 5.73 Å². The molecular formula is C7H20Cl2N2. The number of halogens is 2. The van der Waals surface area contributed by atoms with E-state index in [1.165, 1.54) is 0 Å². The van der Waals surface area contributed by atoms with Crippen molar-refractivity contribution >= 4 is 24.8 Å². The summed E-state index contributed by atoms with van der Waals surface area (Å²) < 4.78 is 0. The molecule has 0 saturated carbocycles. The molecule has 0 aliphatic rings. The Morgan fingerprint density at radius 2 is 1.55 bits per heavy atom. The van der Waals surface area contributed by atoms with Crippen LogP contribution in [0.2, 0.25) is 0 Å². The minimum absolute atomic E-state index is 0. The van der Waals surface area contributed by atoms with Crippen molar-refractivity contribution in [3.63, 3.8) is 0 Å². The van der Waals surface area contributed by atoms with Gasteiger partial charge in [-0.1, -0.05) is 0 Å². The first kappa shape index (κ1) is 17.5. The predicted molar refractivity (Wildman–Crippen MR) is 55.9 cm³/mol.